The summed E-state index contributed by atoms with van der Waals surface area (Å²) in [6.45, 7) is 0.498. The number of rotatable bonds is 5. The summed E-state index contributed by atoms with van der Waals surface area (Å²) in [5.74, 6) is -0.434. The van der Waals surface area contributed by atoms with Crippen molar-refractivity contribution in [2.45, 2.75) is 6.10 Å². The molecule has 1 aliphatic heterocycles. The molecule has 146 valence electrons. The molecule has 0 aliphatic carbocycles. The van der Waals surface area contributed by atoms with Gasteiger partial charge >= 0.3 is 16.5 Å². The van der Waals surface area contributed by atoms with E-state index in [2.05, 4.69) is 5.32 Å². The molecule has 3 rings (SSSR count). The van der Waals surface area contributed by atoms with Crippen LogP contribution in [-0.4, -0.2) is 53.8 Å². The SMILES string of the molecule is O=CNC[C@H]1CN(c2ccc(-n3cccc3)c(F)c2)C(=O)O1.O=S(=O)(O)O. The highest BCUT2D eigenvalue weighted by molar-refractivity contribution is 7.79. The number of carbonyl (C=O) groups excluding carboxylic acids is 2. The van der Waals surface area contributed by atoms with Crippen molar-refractivity contribution in [3.05, 3.63) is 48.5 Å². The lowest BCUT2D eigenvalue weighted by Crippen LogP contribution is -2.30. The average molecular weight is 401 g/mol. The summed E-state index contributed by atoms with van der Waals surface area (Å²) in [6, 6.07) is 8.17. The molecule has 0 bridgehead atoms. The molecule has 0 spiro atoms. The molecular weight excluding hydrogens is 385 g/mol. The number of carbonyl (C=O) groups is 2. The van der Waals surface area contributed by atoms with Crippen LogP contribution in [-0.2, 0) is 19.9 Å². The van der Waals surface area contributed by atoms with Crippen LogP contribution in [0.2, 0.25) is 0 Å². The maximum Gasteiger partial charge on any atom is 0.414 e. The van der Waals surface area contributed by atoms with E-state index in [0.717, 1.165) is 0 Å². The van der Waals surface area contributed by atoms with Crippen LogP contribution in [0.25, 0.3) is 5.69 Å². The minimum absolute atomic E-state index is 0.232. The van der Waals surface area contributed by atoms with Crippen molar-refractivity contribution in [1.29, 1.82) is 0 Å². The largest absolute Gasteiger partial charge is 0.442 e. The Labute approximate surface area is 153 Å². The van der Waals surface area contributed by atoms with Crippen LogP contribution in [0.4, 0.5) is 14.9 Å². The summed E-state index contributed by atoms with van der Waals surface area (Å²) in [5, 5.41) is 2.46. The van der Waals surface area contributed by atoms with Gasteiger partial charge in [0.15, 0.2) is 0 Å². The van der Waals surface area contributed by atoms with Crippen molar-refractivity contribution in [1.82, 2.24) is 9.88 Å². The Morgan fingerprint density at radius 1 is 1.30 bits per heavy atom. The number of amides is 2. The van der Waals surface area contributed by atoms with Gasteiger partial charge in [0, 0.05) is 12.4 Å². The highest BCUT2D eigenvalue weighted by atomic mass is 32.3. The number of anilines is 1. The Balaban J connectivity index is 0.000000465. The minimum Gasteiger partial charge on any atom is -0.442 e. The average Bonchev–Trinajstić information content (AvgIpc) is 3.21. The van der Waals surface area contributed by atoms with Crippen LogP contribution >= 0.6 is 0 Å². The second-order valence-corrected chi connectivity index (χ2v) is 6.21. The molecule has 1 saturated heterocycles. The van der Waals surface area contributed by atoms with Gasteiger partial charge in [-0.2, -0.15) is 8.42 Å². The number of halogens is 1. The van der Waals surface area contributed by atoms with Crippen molar-refractivity contribution in [2.75, 3.05) is 18.0 Å². The molecule has 3 N–H and O–H groups in total. The lowest BCUT2D eigenvalue weighted by molar-refractivity contribution is -0.109. The summed E-state index contributed by atoms with van der Waals surface area (Å²) in [6.07, 6.45) is 3.03. The Hall–Kier alpha value is -2.96. The first-order valence-electron chi connectivity index (χ1n) is 7.47. The van der Waals surface area contributed by atoms with E-state index in [9.17, 15) is 14.0 Å². The van der Waals surface area contributed by atoms with Crippen LogP contribution in [0.15, 0.2) is 42.7 Å². The molecule has 10 nitrogen and oxygen atoms in total. The van der Waals surface area contributed by atoms with Gasteiger partial charge in [0.25, 0.3) is 0 Å². The van der Waals surface area contributed by atoms with E-state index in [-0.39, 0.29) is 13.1 Å². The Kier molecular flexibility index (Phi) is 6.50. The Bertz CT molecular complexity index is 894. The highest BCUT2D eigenvalue weighted by Gasteiger charge is 2.32. The van der Waals surface area contributed by atoms with Crippen molar-refractivity contribution in [3.63, 3.8) is 0 Å². The second-order valence-electron chi connectivity index (χ2n) is 5.32. The molecule has 2 amide bonds. The van der Waals surface area contributed by atoms with Gasteiger partial charge in [0.1, 0.15) is 11.9 Å². The van der Waals surface area contributed by atoms with Gasteiger partial charge in [0.05, 0.1) is 24.5 Å². The first-order chi connectivity index (χ1) is 12.7. The van der Waals surface area contributed by atoms with Crippen LogP contribution < -0.4 is 10.2 Å². The van der Waals surface area contributed by atoms with Crippen molar-refractivity contribution < 1.29 is 36.2 Å². The van der Waals surface area contributed by atoms with Crippen molar-refractivity contribution in [3.8, 4) is 5.69 Å². The highest BCUT2D eigenvalue weighted by Crippen LogP contribution is 2.25. The van der Waals surface area contributed by atoms with Crippen LogP contribution in [0.5, 0.6) is 0 Å². The summed E-state index contributed by atoms with van der Waals surface area (Å²) in [4.78, 5) is 23.5. The molecule has 1 aromatic carbocycles. The first-order valence-corrected chi connectivity index (χ1v) is 8.86. The topological polar surface area (TPSA) is 138 Å². The van der Waals surface area contributed by atoms with Gasteiger partial charge in [-0.3, -0.25) is 18.8 Å². The van der Waals surface area contributed by atoms with Crippen LogP contribution in [0.3, 0.4) is 0 Å². The van der Waals surface area contributed by atoms with Gasteiger partial charge in [0.2, 0.25) is 6.41 Å². The molecule has 0 saturated carbocycles. The summed E-state index contributed by atoms with van der Waals surface area (Å²) in [5.41, 5.74) is 0.826. The molecule has 2 heterocycles. The molecule has 1 fully saturated rings. The van der Waals surface area contributed by atoms with Crippen LogP contribution in [0.1, 0.15) is 0 Å². The number of aromatic nitrogens is 1. The smallest absolute Gasteiger partial charge is 0.414 e. The van der Waals surface area contributed by atoms with E-state index < -0.39 is 28.4 Å². The number of nitrogens with one attached hydrogen (secondary N) is 1. The quantitative estimate of drug-likeness (QED) is 0.502. The molecule has 2 aromatic rings. The second kappa shape index (κ2) is 8.62. The van der Waals surface area contributed by atoms with Crippen molar-refractivity contribution in [2.24, 2.45) is 0 Å². The van der Waals surface area contributed by atoms with Gasteiger partial charge in [-0.05, 0) is 30.3 Å². The fourth-order valence-electron chi connectivity index (χ4n) is 2.39. The zero-order valence-corrected chi connectivity index (χ0v) is 14.5. The predicted molar refractivity (Wildman–Crippen MR) is 91.6 cm³/mol. The molecule has 0 unspecified atom stereocenters. The molecule has 12 heteroatoms. The Morgan fingerprint density at radius 2 is 1.93 bits per heavy atom. The standard InChI is InChI=1S/C15H14FN3O3.H2O4S/c16-13-7-11(3-4-14(13)18-5-1-2-6-18)19-9-12(8-17-10-20)22-15(19)21;1-5(2,3)4/h1-7,10,12H,8-9H2,(H,17,20);(H2,1,2,3,4)/t12-;/m0./s1. The number of hydrogen-bond acceptors (Lipinski definition) is 5. The molecule has 27 heavy (non-hydrogen) atoms. The zero-order chi connectivity index (χ0) is 20.0. The third-order valence-corrected chi connectivity index (χ3v) is 3.43. The maximum atomic E-state index is 14.2. The third kappa shape index (κ3) is 6.06. The molecule has 0 radical (unpaired) electrons. The van der Waals surface area contributed by atoms with Gasteiger partial charge < -0.3 is 14.6 Å². The fraction of sp³-hybridized carbons (Fsp3) is 0.200. The Morgan fingerprint density at radius 3 is 2.48 bits per heavy atom. The van der Waals surface area contributed by atoms with E-state index in [1.54, 1.807) is 41.2 Å². The van der Waals surface area contributed by atoms with Gasteiger partial charge in [-0.25, -0.2) is 9.18 Å². The molecular formula is C15H16FN3O7S. The van der Waals surface area contributed by atoms with E-state index in [4.69, 9.17) is 22.3 Å². The maximum absolute atomic E-state index is 14.2. The van der Waals surface area contributed by atoms with Gasteiger partial charge in [-0.15, -0.1) is 0 Å². The summed E-state index contributed by atoms with van der Waals surface area (Å²) < 4.78 is 52.6. The third-order valence-electron chi connectivity index (χ3n) is 3.43. The summed E-state index contributed by atoms with van der Waals surface area (Å²) >= 11 is 0. The predicted octanol–water partition coefficient (Wildman–Crippen LogP) is 1.03. The van der Waals surface area contributed by atoms with Crippen molar-refractivity contribution >= 4 is 28.6 Å². The number of benzene rings is 1. The minimum atomic E-state index is -4.67. The van der Waals surface area contributed by atoms with Gasteiger partial charge in [-0.1, -0.05) is 0 Å². The lowest BCUT2D eigenvalue weighted by atomic mass is 10.2. The number of hydrogen-bond donors (Lipinski definition) is 3. The zero-order valence-electron chi connectivity index (χ0n) is 13.7. The normalized spacial score (nSPS) is 16.3. The van der Waals surface area contributed by atoms with E-state index in [1.165, 1.54) is 11.0 Å². The molecule has 1 aromatic heterocycles. The van der Waals surface area contributed by atoms with E-state index in [1.807, 2.05) is 0 Å². The van der Waals surface area contributed by atoms with E-state index >= 15 is 0 Å². The number of ether oxygens (including phenoxy) is 1. The molecule has 1 aliphatic rings. The van der Waals surface area contributed by atoms with Crippen LogP contribution in [0, 0.1) is 5.82 Å². The monoisotopic (exact) mass is 401 g/mol. The summed E-state index contributed by atoms with van der Waals surface area (Å²) in [7, 11) is -4.67. The van der Waals surface area contributed by atoms with E-state index in [0.29, 0.717) is 17.8 Å². The number of cyclic esters (lactones) is 1. The molecule has 1 atom stereocenters. The fourth-order valence-corrected chi connectivity index (χ4v) is 2.39. The number of nitrogens with zero attached hydrogens (tertiary/aromatic N) is 2. The first kappa shape index (κ1) is 20.4. The lowest BCUT2D eigenvalue weighted by Gasteiger charge is -2.14.